The predicted octanol–water partition coefficient (Wildman–Crippen LogP) is 3.20. The number of carbonyl (C=O) groups is 1. The average molecular weight is 227 g/mol. The molecule has 1 aromatic carbocycles. The van der Waals surface area contributed by atoms with E-state index in [-0.39, 0.29) is 5.78 Å². The average Bonchev–Trinajstić information content (AvgIpc) is 2.78. The number of hydrogen-bond donors (Lipinski definition) is 0. The molecule has 3 nitrogen and oxygen atoms in total. The van der Waals surface area contributed by atoms with E-state index in [4.69, 9.17) is 4.52 Å². The maximum atomic E-state index is 11.8. The van der Waals surface area contributed by atoms with Gasteiger partial charge in [-0.05, 0) is 24.5 Å². The van der Waals surface area contributed by atoms with Crippen molar-refractivity contribution in [2.75, 3.05) is 0 Å². The number of aromatic nitrogens is 1. The molecule has 0 saturated carbocycles. The second kappa shape index (κ2) is 5.31. The van der Waals surface area contributed by atoms with Crippen molar-refractivity contribution in [1.82, 2.24) is 5.16 Å². The first-order valence-corrected chi connectivity index (χ1v) is 5.70. The van der Waals surface area contributed by atoms with Gasteiger partial charge in [0.25, 0.3) is 5.78 Å². The van der Waals surface area contributed by atoms with E-state index in [9.17, 15) is 4.79 Å². The number of hydrogen-bond acceptors (Lipinski definition) is 3. The molecule has 0 saturated heterocycles. The highest BCUT2D eigenvalue weighted by Gasteiger charge is 2.13. The molecule has 0 aliphatic rings. The van der Waals surface area contributed by atoms with Gasteiger partial charge < -0.3 is 4.52 Å². The van der Waals surface area contributed by atoms with Crippen molar-refractivity contribution in [1.29, 1.82) is 0 Å². The summed E-state index contributed by atoms with van der Waals surface area (Å²) in [4.78, 5) is 11.8. The van der Waals surface area contributed by atoms with Crippen molar-refractivity contribution in [3.05, 3.63) is 30.0 Å². The molecule has 0 amide bonds. The zero-order chi connectivity index (χ0) is 12.1. The van der Waals surface area contributed by atoms with Crippen LogP contribution in [-0.2, 0) is 0 Å². The van der Waals surface area contributed by atoms with Crippen LogP contribution in [0.25, 0.3) is 11.0 Å². The molecule has 0 aliphatic heterocycles. The van der Waals surface area contributed by atoms with Crippen LogP contribution >= 0.6 is 0 Å². The third kappa shape index (κ3) is 2.54. The Balaban J connectivity index is 2.21. The number of rotatable bonds is 3. The smallest absolute Gasteiger partial charge is 0.258 e. The summed E-state index contributed by atoms with van der Waals surface area (Å²) in [6.07, 6.45) is 2.84. The van der Waals surface area contributed by atoms with Crippen molar-refractivity contribution in [2.45, 2.75) is 26.2 Å². The van der Waals surface area contributed by atoms with Crippen LogP contribution in [0.1, 0.15) is 36.7 Å². The Morgan fingerprint density at radius 1 is 1.41 bits per heavy atom. The molecule has 0 N–H and O–H groups in total. The number of Topliss-reactive ketones (excluding diaryl/α,β-unsaturated/α-hetero) is 1. The van der Waals surface area contributed by atoms with E-state index >= 15 is 0 Å². The van der Waals surface area contributed by atoms with Crippen molar-refractivity contribution in [3.8, 4) is 11.8 Å². The predicted molar refractivity (Wildman–Crippen MR) is 65.6 cm³/mol. The number of para-hydroxylation sites is 1. The number of carbonyl (C=O) groups excluding carboxylic acids is 1. The third-order valence-corrected chi connectivity index (χ3v) is 2.45. The van der Waals surface area contributed by atoms with Gasteiger partial charge in [-0.2, -0.15) is 0 Å². The first-order chi connectivity index (χ1) is 8.33. The Bertz CT molecular complexity index is 587. The minimum Gasteiger partial charge on any atom is -0.356 e. The van der Waals surface area contributed by atoms with Crippen LogP contribution < -0.4 is 0 Å². The maximum absolute atomic E-state index is 11.8. The molecule has 86 valence electrons. The summed E-state index contributed by atoms with van der Waals surface area (Å²) in [6.45, 7) is 2.09. The fourth-order valence-electron chi connectivity index (χ4n) is 1.52. The topological polar surface area (TPSA) is 43.1 Å². The van der Waals surface area contributed by atoms with E-state index in [0.717, 1.165) is 24.6 Å². The van der Waals surface area contributed by atoms with Gasteiger partial charge in [0.05, 0.1) is 5.39 Å². The number of unbranched alkanes of at least 4 members (excludes halogenated alkanes) is 2. The largest absolute Gasteiger partial charge is 0.356 e. The Hall–Kier alpha value is -2.08. The summed E-state index contributed by atoms with van der Waals surface area (Å²) in [5, 5.41) is 4.49. The van der Waals surface area contributed by atoms with E-state index in [1.165, 1.54) is 0 Å². The lowest BCUT2D eigenvalue weighted by Crippen LogP contribution is -1.95. The summed E-state index contributed by atoms with van der Waals surface area (Å²) in [7, 11) is 0. The van der Waals surface area contributed by atoms with Crippen molar-refractivity contribution < 1.29 is 9.32 Å². The minimum atomic E-state index is -0.272. The van der Waals surface area contributed by atoms with Crippen molar-refractivity contribution in [2.24, 2.45) is 0 Å². The number of benzene rings is 1. The molecular weight excluding hydrogens is 214 g/mol. The summed E-state index contributed by atoms with van der Waals surface area (Å²) < 4.78 is 5.06. The van der Waals surface area contributed by atoms with E-state index < -0.39 is 0 Å². The molecule has 0 spiro atoms. The zero-order valence-corrected chi connectivity index (χ0v) is 9.69. The maximum Gasteiger partial charge on any atom is 0.258 e. The van der Waals surface area contributed by atoms with Crippen LogP contribution in [0.5, 0.6) is 0 Å². The van der Waals surface area contributed by atoms with Crippen LogP contribution in [-0.4, -0.2) is 10.9 Å². The first kappa shape index (κ1) is 11.4. The molecule has 0 radical (unpaired) electrons. The number of fused-ring (bicyclic) bond motifs is 1. The van der Waals surface area contributed by atoms with Crippen molar-refractivity contribution in [3.63, 3.8) is 0 Å². The normalized spacial score (nSPS) is 9.94. The van der Waals surface area contributed by atoms with Gasteiger partial charge in [0.15, 0.2) is 11.3 Å². The molecular formula is C14H13NO2. The highest BCUT2D eigenvalue weighted by molar-refractivity contribution is 6.14. The molecule has 1 aromatic heterocycles. The third-order valence-electron chi connectivity index (χ3n) is 2.45. The van der Waals surface area contributed by atoms with Gasteiger partial charge in [-0.1, -0.05) is 36.6 Å². The van der Waals surface area contributed by atoms with Gasteiger partial charge in [0.1, 0.15) is 0 Å². The molecule has 17 heavy (non-hydrogen) atoms. The molecule has 3 heteroatoms. The molecule has 2 rings (SSSR count). The van der Waals surface area contributed by atoms with Gasteiger partial charge in [-0.25, -0.2) is 0 Å². The molecule has 0 aliphatic carbocycles. The molecule has 0 unspecified atom stereocenters. The van der Waals surface area contributed by atoms with E-state index in [0.29, 0.717) is 11.3 Å². The van der Waals surface area contributed by atoms with Crippen LogP contribution in [0, 0.1) is 11.8 Å². The van der Waals surface area contributed by atoms with E-state index in [2.05, 4.69) is 23.9 Å². The molecule has 0 atom stereocenters. The Morgan fingerprint density at radius 3 is 3.06 bits per heavy atom. The van der Waals surface area contributed by atoms with Gasteiger partial charge >= 0.3 is 0 Å². The highest BCUT2D eigenvalue weighted by Crippen LogP contribution is 2.17. The van der Waals surface area contributed by atoms with Gasteiger partial charge in [-0.15, -0.1) is 0 Å². The number of ketones is 1. The molecule has 0 fully saturated rings. The lowest BCUT2D eigenvalue weighted by Gasteiger charge is -1.87. The van der Waals surface area contributed by atoms with Gasteiger partial charge in [0, 0.05) is 6.42 Å². The van der Waals surface area contributed by atoms with E-state index in [1.54, 1.807) is 6.07 Å². The van der Waals surface area contributed by atoms with Gasteiger partial charge in [-0.3, -0.25) is 4.79 Å². The monoisotopic (exact) mass is 227 g/mol. The number of nitrogens with zero attached hydrogens (tertiary/aromatic N) is 1. The standard InChI is InChI=1S/C14H13NO2/c1-2-3-4-5-9-12(16)14-11-8-6-7-10-13(11)17-15-14/h6-8,10H,2-4H2,1H3. The molecule has 1 heterocycles. The van der Waals surface area contributed by atoms with Crippen LogP contribution in [0.15, 0.2) is 28.8 Å². The fraction of sp³-hybridized carbons (Fsp3) is 0.286. The zero-order valence-electron chi connectivity index (χ0n) is 9.69. The van der Waals surface area contributed by atoms with Crippen LogP contribution in [0.4, 0.5) is 0 Å². The van der Waals surface area contributed by atoms with E-state index in [1.807, 2.05) is 18.2 Å². The highest BCUT2D eigenvalue weighted by atomic mass is 16.5. The summed E-state index contributed by atoms with van der Waals surface area (Å²) in [6, 6.07) is 7.28. The molecule has 0 bridgehead atoms. The van der Waals surface area contributed by atoms with Crippen LogP contribution in [0.2, 0.25) is 0 Å². The van der Waals surface area contributed by atoms with Crippen molar-refractivity contribution >= 4 is 16.8 Å². The second-order valence-corrected chi connectivity index (χ2v) is 3.76. The first-order valence-electron chi connectivity index (χ1n) is 5.70. The fourth-order valence-corrected chi connectivity index (χ4v) is 1.52. The minimum absolute atomic E-state index is 0.272. The summed E-state index contributed by atoms with van der Waals surface area (Å²) in [5.74, 6) is 5.19. The quantitative estimate of drug-likeness (QED) is 0.350. The Kier molecular flexibility index (Phi) is 3.56. The van der Waals surface area contributed by atoms with Crippen LogP contribution in [0.3, 0.4) is 0 Å². The lowest BCUT2D eigenvalue weighted by atomic mass is 10.1. The molecule has 2 aromatic rings. The lowest BCUT2D eigenvalue weighted by molar-refractivity contribution is 0.105. The Labute approximate surface area is 99.8 Å². The van der Waals surface area contributed by atoms with Gasteiger partial charge in [0.2, 0.25) is 0 Å². The summed E-state index contributed by atoms with van der Waals surface area (Å²) >= 11 is 0. The second-order valence-electron chi connectivity index (χ2n) is 3.76. The Morgan fingerprint density at radius 2 is 2.24 bits per heavy atom. The summed E-state index contributed by atoms with van der Waals surface area (Å²) in [5.41, 5.74) is 0.927. The SMILES string of the molecule is CCCCC#CC(=O)c1noc2ccccc12.